The van der Waals surface area contributed by atoms with Crippen LogP contribution in [-0.4, -0.2) is 36.7 Å². The lowest BCUT2D eigenvalue weighted by atomic mass is 10.2. The van der Waals surface area contributed by atoms with Crippen molar-refractivity contribution in [3.05, 3.63) is 52.3 Å². The number of anilines is 1. The van der Waals surface area contributed by atoms with Gasteiger partial charge in [-0.05, 0) is 55.5 Å². The predicted molar refractivity (Wildman–Crippen MR) is 117 cm³/mol. The second-order valence-electron chi connectivity index (χ2n) is 6.85. The molecule has 1 saturated heterocycles. The van der Waals surface area contributed by atoms with Gasteiger partial charge in [-0.25, -0.2) is 13.4 Å². The smallest absolute Gasteiger partial charge is 0.267 e. The number of thiophene rings is 1. The van der Waals surface area contributed by atoms with Gasteiger partial charge in [-0.2, -0.15) is 4.31 Å². The van der Waals surface area contributed by atoms with E-state index in [4.69, 9.17) is 0 Å². The van der Waals surface area contributed by atoms with Gasteiger partial charge in [0.05, 0.1) is 15.5 Å². The zero-order valence-corrected chi connectivity index (χ0v) is 18.4. The molecule has 1 N–H and O–H groups in total. The second-order valence-corrected chi connectivity index (χ2v) is 10.7. The number of nitrogens with one attached hydrogen (secondary N) is 1. The Morgan fingerprint density at radius 3 is 2.48 bits per heavy atom. The van der Waals surface area contributed by atoms with Crippen molar-refractivity contribution in [1.82, 2.24) is 9.29 Å². The normalized spacial score (nSPS) is 15.3. The maximum Gasteiger partial charge on any atom is 0.267 e. The summed E-state index contributed by atoms with van der Waals surface area (Å²) < 4.78 is 27.0. The fraction of sp³-hybridized carbons (Fsp3) is 0.300. The van der Waals surface area contributed by atoms with Crippen LogP contribution >= 0.6 is 22.7 Å². The molecule has 3 aromatic rings. The molecular weight excluding hydrogens is 426 g/mol. The molecule has 1 fully saturated rings. The third-order valence-electron chi connectivity index (χ3n) is 4.80. The molecular formula is C20H21N3O3S3. The molecule has 1 aliphatic heterocycles. The van der Waals surface area contributed by atoms with E-state index < -0.39 is 10.0 Å². The molecule has 1 amide bonds. The lowest BCUT2D eigenvalue weighted by molar-refractivity contribution is 0.103. The summed E-state index contributed by atoms with van der Waals surface area (Å²) in [5, 5.41) is 5.64. The van der Waals surface area contributed by atoms with Gasteiger partial charge in [0.1, 0.15) is 9.88 Å². The fourth-order valence-corrected chi connectivity index (χ4v) is 6.54. The topological polar surface area (TPSA) is 79.4 Å². The summed E-state index contributed by atoms with van der Waals surface area (Å²) >= 11 is 2.94. The molecule has 0 bridgehead atoms. The summed E-state index contributed by atoms with van der Waals surface area (Å²) in [6, 6.07) is 10.3. The van der Waals surface area contributed by atoms with E-state index in [0.717, 1.165) is 29.1 Å². The zero-order valence-electron chi connectivity index (χ0n) is 15.9. The van der Waals surface area contributed by atoms with Crippen molar-refractivity contribution < 1.29 is 13.2 Å². The Morgan fingerprint density at radius 2 is 1.83 bits per heavy atom. The second kappa shape index (κ2) is 8.35. The van der Waals surface area contributed by atoms with Crippen molar-refractivity contribution in [1.29, 1.82) is 0 Å². The number of hydrogen-bond acceptors (Lipinski definition) is 6. The van der Waals surface area contributed by atoms with E-state index >= 15 is 0 Å². The van der Waals surface area contributed by atoms with Crippen LogP contribution in [0.4, 0.5) is 5.69 Å². The predicted octanol–water partition coefficient (Wildman–Crippen LogP) is 4.61. The van der Waals surface area contributed by atoms with E-state index in [1.165, 1.54) is 15.6 Å². The van der Waals surface area contributed by atoms with Gasteiger partial charge in [0, 0.05) is 18.8 Å². The fourth-order valence-electron chi connectivity index (χ4n) is 3.27. The first-order chi connectivity index (χ1) is 13.9. The number of hydrogen-bond donors (Lipinski definition) is 1. The summed E-state index contributed by atoms with van der Waals surface area (Å²) in [4.78, 5) is 19.0. The van der Waals surface area contributed by atoms with Gasteiger partial charge in [-0.3, -0.25) is 4.79 Å². The lowest BCUT2D eigenvalue weighted by Gasteiger charge is -2.25. The van der Waals surface area contributed by atoms with Crippen LogP contribution in [0.2, 0.25) is 0 Å². The molecule has 4 rings (SSSR count). The minimum absolute atomic E-state index is 0.241. The number of amides is 1. The van der Waals surface area contributed by atoms with Crippen molar-refractivity contribution in [3.63, 3.8) is 0 Å². The van der Waals surface area contributed by atoms with E-state index in [0.29, 0.717) is 29.3 Å². The first-order valence-electron chi connectivity index (χ1n) is 9.38. The van der Waals surface area contributed by atoms with Crippen LogP contribution in [-0.2, 0) is 10.0 Å². The Kier molecular flexibility index (Phi) is 5.82. The Labute approximate surface area is 178 Å². The van der Waals surface area contributed by atoms with Crippen molar-refractivity contribution in [2.24, 2.45) is 0 Å². The summed E-state index contributed by atoms with van der Waals surface area (Å²) in [6.07, 6.45) is 2.87. The van der Waals surface area contributed by atoms with Crippen molar-refractivity contribution in [2.75, 3.05) is 18.4 Å². The van der Waals surface area contributed by atoms with E-state index in [2.05, 4.69) is 10.3 Å². The van der Waals surface area contributed by atoms with Crippen LogP contribution in [0.25, 0.3) is 9.88 Å². The molecule has 29 heavy (non-hydrogen) atoms. The molecule has 0 saturated carbocycles. The lowest BCUT2D eigenvalue weighted by Crippen LogP contribution is -2.35. The van der Waals surface area contributed by atoms with Crippen molar-refractivity contribution in [3.8, 4) is 9.88 Å². The number of carbonyl (C=O) groups is 1. The highest BCUT2D eigenvalue weighted by molar-refractivity contribution is 7.89. The van der Waals surface area contributed by atoms with Gasteiger partial charge in [-0.15, -0.1) is 22.7 Å². The standard InChI is InChI=1S/C20H21N3O3S3/c1-14-18(28-20(21-14)17-6-5-13-27-17)19(24)22-15-7-9-16(10-8-15)29(25,26)23-11-3-2-4-12-23/h5-10,13H,2-4,11-12H2,1H3,(H,22,24). The van der Waals surface area contributed by atoms with Gasteiger partial charge < -0.3 is 5.32 Å². The number of thiazole rings is 1. The number of nitrogens with zero attached hydrogens (tertiary/aromatic N) is 2. The summed E-state index contributed by atoms with van der Waals surface area (Å²) in [7, 11) is -3.47. The molecule has 152 valence electrons. The minimum atomic E-state index is -3.47. The molecule has 3 heterocycles. The quantitative estimate of drug-likeness (QED) is 0.620. The number of rotatable bonds is 5. The molecule has 0 atom stereocenters. The first-order valence-corrected chi connectivity index (χ1v) is 12.5. The van der Waals surface area contributed by atoms with E-state index in [9.17, 15) is 13.2 Å². The molecule has 1 aromatic carbocycles. The third kappa shape index (κ3) is 4.28. The molecule has 1 aliphatic rings. The van der Waals surface area contributed by atoms with Crippen LogP contribution in [0, 0.1) is 6.92 Å². The summed E-state index contributed by atoms with van der Waals surface area (Å²) in [6.45, 7) is 2.95. The van der Waals surface area contributed by atoms with Crippen LogP contribution < -0.4 is 5.32 Å². The summed E-state index contributed by atoms with van der Waals surface area (Å²) in [5.41, 5.74) is 1.23. The van der Waals surface area contributed by atoms with Crippen LogP contribution in [0.15, 0.2) is 46.7 Å². The van der Waals surface area contributed by atoms with Gasteiger partial charge in [-0.1, -0.05) is 12.5 Å². The Bertz CT molecular complexity index is 1100. The maximum absolute atomic E-state index is 12.7. The van der Waals surface area contributed by atoms with Crippen LogP contribution in [0.1, 0.15) is 34.6 Å². The number of piperidine rings is 1. The number of sulfonamides is 1. The van der Waals surface area contributed by atoms with Crippen molar-refractivity contribution in [2.45, 2.75) is 31.1 Å². The van der Waals surface area contributed by atoms with Crippen LogP contribution in [0.5, 0.6) is 0 Å². The van der Waals surface area contributed by atoms with Gasteiger partial charge in [0.25, 0.3) is 5.91 Å². The molecule has 0 aliphatic carbocycles. The van der Waals surface area contributed by atoms with E-state index in [1.807, 2.05) is 24.4 Å². The average molecular weight is 448 g/mol. The highest BCUT2D eigenvalue weighted by atomic mass is 32.2. The largest absolute Gasteiger partial charge is 0.321 e. The Hall–Kier alpha value is -2.07. The average Bonchev–Trinajstić information content (AvgIpc) is 3.39. The molecule has 0 unspecified atom stereocenters. The van der Waals surface area contributed by atoms with Gasteiger partial charge in [0.2, 0.25) is 10.0 Å². The van der Waals surface area contributed by atoms with E-state index in [-0.39, 0.29) is 10.8 Å². The number of aromatic nitrogens is 1. The maximum atomic E-state index is 12.7. The third-order valence-corrected chi connectivity index (χ3v) is 8.91. The van der Waals surface area contributed by atoms with Gasteiger partial charge in [0.15, 0.2) is 0 Å². The highest BCUT2D eigenvalue weighted by Crippen LogP contribution is 2.31. The zero-order chi connectivity index (χ0) is 20.4. The molecule has 0 spiro atoms. The van der Waals surface area contributed by atoms with Crippen molar-refractivity contribution >= 4 is 44.3 Å². The molecule has 9 heteroatoms. The number of benzene rings is 1. The molecule has 2 aromatic heterocycles. The Balaban J connectivity index is 1.48. The number of aryl methyl sites for hydroxylation is 1. The monoisotopic (exact) mass is 447 g/mol. The number of carbonyl (C=O) groups excluding carboxylic acids is 1. The van der Waals surface area contributed by atoms with E-state index in [1.54, 1.807) is 35.6 Å². The van der Waals surface area contributed by atoms with Gasteiger partial charge >= 0.3 is 0 Å². The molecule has 6 nitrogen and oxygen atoms in total. The summed E-state index contributed by atoms with van der Waals surface area (Å²) in [5.74, 6) is -0.241. The SMILES string of the molecule is Cc1nc(-c2cccs2)sc1C(=O)Nc1ccc(S(=O)(=O)N2CCCCC2)cc1. The minimum Gasteiger partial charge on any atom is -0.321 e. The molecule has 0 radical (unpaired) electrons. The van der Waals surface area contributed by atoms with Crippen LogP contribution in [0.3, 0.4) is 0 Å². The highest BCUT2D eigenvalue weighted by Gasteiger charge is 2.26. The first kappa shape index (κ1) is 20.2. The Morgan fingerprint density at radius 1 is 1.10 bits per heavy atom.